The van der Waals surface area contributed by atoms with Crippen molar-refractivity contribution in [1.29, 1.82) is 0 Å². The number of benzene rings is 1. The minimum absolute atomic E-state index is 0.128. The van der Waals surface area contributed by atoms with E-state index in [1.165, 1.54) is 0 Å². The summed E-state index contributed by atoms with van der Waals surface area (Å²) in [5.41, 5.74) is 0.705. The molecule has 0 aliphatic carbocycles. The number of thioether (sulfide) groups is 1. The van der Waals surface area contributed by atoms with Crippen LogP contribution in [0.2, 0.25) is 0 Å². The van der Waals surface area contributed by atoms with Gasteiger partial charge in [0, 0.05) is 11.8 Å². The molecule has 0 saturated heterocycles. The Kier molecular flexibility index (Phi) is 5.33. The van der Waals surface area contributed by atoms with Crippen LogP contribution in [0.4, 0.5) is 5.69 Å². The van der Waals surface area contributed by atoms with Crippen LogP contribution >= 0.6 is 11.8 Å². The first kappa shape index (κ1) is 14.4. The number of hydrogen-bond donors (Lipinski definition) is 1. The molecule has 1 atom stereocenters. The van der Waals surface area contributed by atoms with Gasteiger partial charge in [0.2, 0.25) is 0 Å². The van der Waals surface area contributed by atoms with Gasteiger partial charge in [-0.15, -0.1) is 0 Å². The summed E-state index contributed by atoms with van der Waals surface area (Å²) in [5, 5.41) is 3.25. The predicted molar refractivity (Wildman–Crippen MR) is 75.6 cm³/mol. The Bertz CT molecular complexity index is 457. The summed E-state index contributed by atoms with van der Waals surface area (Å²) in [6.45, 7) is 3.71. The second-order valence-corrected chi connectivity index (χ2v) is 7.06. The highest BCUT2D eigenvalue weighted by molar-refractivity contribution is 7.98. The maximum Gasteiger partial charge on any atom is 0.180 e. The molecule has 3 nitrogen and oxygen atoms in total. The zero-order valence-electron chi connectivity index (χ0n) is 10.4. The van der Waals surface area contributed by atoms with Crippen molar-refractivity contribution >= 4 is 27.3 Å². The van der Waals surface area contributed by atoms with Crippen LogP contribution in [0.3, 0.4) is 0 Å². The quantitative estimate of drug-likeness (QED) is 0.865. The van der Waals surface area contributed by atoms with Gasteiger partial charge in [-0.1, -0.05) is 19.1 Å². The van der Waals surface area contributed by atoms with Gasteiger partial charge in [-0.2, -0.15) is 11.8 Å². The normalized spacial score (nSPS) is 13.4. The Morgan fingerprint density at radius 2 is 2.00 bits per heavy atom. The maximum atomic E-state index is 11.9. The molecule has 0 bridgehead atoms. The first-order chi connectivity index (χ1) is 8.01. The van der Waals surface area contributed by atoms with Crippen molar-refractivity contribution < 1.29 is 8.42 Å². The lowest BCUT2D eigenvalue weighted by Gasteiger charge is -2.17. The minimum atomic E-state index is -3.16. The molecule has 17 heavy (non-hydrogen) atoms. The van der Waals surface area contributed by atoms with Crippen molar-refractivity contribution in [3.63, 3.8) is 0 Å². The zero-order valence-corrected chi connectivity index (χ0v) is 12.1. The van der Waals surface area contributed by atoms with Crippen molar-refractivity contribution in [2.45, 2.75) is 24.8 Å². The molecule has 0 spiro atoms. The molecule has 5 heteroatoms. The monoisotopic (exact) mass is 273 g/mol. The van der Waals surface area contributed by atoms with Crippen LogP contribution in [0.25, 0.3) is 0 Å². The SMILES string of the molecule is CCS(=O)(=O)c1ccccc1NC(C)CSC. The largest absolute Gasteiger partial charge is 0.381 e. The number of rotatable bonds is 6. The van der Waals surface area contributed by atoms with Crippen molar-refractivity contribution in [3.8, 4) is 0 Å². The van der Waals surface area contributed by atoms with E-state index in [9.17, 15) is 8.42 Å². The molecule has 0 fully saturated rings. The Balaban J connectivity index is 3.01. The van der Waals surface area contributed by atoms with Crippen LogP contribution in [0.15, 0.2) is 29.2 Å². The van der Waals surface area contributed by atoms with E-state index in [-0.39, 0.29) is 11.8 Å². The molecule has 1 aromatic carbocycles. The van der Waals surface area contributed by atoms with E-state index in [0.717, 1.165) is 5.75 Å². The van der Waals surface area contributed by atoms with E-state index < -0.39 is 9.84 Å². The summed E-state index contributed by atoms with van der Waals surface area (Å²) < 4.78 is 23.8. The molecule has 0 heterocycles. The van der Waals surface area contributed by atoms with Gasteiger partial charge in [-0.05, 0) is 25.3 Å². The maximum absolute atomic E-state index is 11.9. The molecule has 0 aliphatic heterocycles. The van der Waals surface area contributed by atoms with Crippen LogP contribution in [0.1, 0.15) is 13.8 Å². The third-order valence-electron chi connectivity index (χ3n) is 2.42. The average molecular weight is 273 g/mol. The second-order valence-electron chi connectivity index (χ2n) is 3.90. The highest BCUT2D eigenvalue weighted by atomic mass is 32.2. The van der Waals surface area contributed by atoms with Crippen molar-refractivity contribution in [3.05, 3.63) is 24.3 Å². The van der Waals surface area contributed by atoms with Crippen LogP contribution in [-0.2, 0) is 9.84 Å². The van der Waals surface area contributed by atoms with E-state index in [4.69, 9.17) is 0 Å². The summed E-state index contributed by atoms with van der Waals surface area (Å²) in [7, 11) is -3.16. The summed E-state index contributed by atoms with van der Waals surface area (Å²) in [6, 6.07) is 7.33. The Morgan fingerprint density at radius 3 is 2.59 bits per heavy atom. The van der Waals surface area contributed by atoms with E-state index in [1.807, 2.05) is 25.3 Å². The number of para-hydroxylation sites is 1. The summed E-state index contributed by atoms with van der Waals surface area (Å²) in [4.78, 5) is 0.399. The molecular weight excluding hydrogens is 254 g/mol. The van der Waals surface area contributed by atoms with Gasteiger partial charge < -0.3 is 5.32 Å². The molecule has 0 aromatic heterocycles. The third kappa shape index (κ3) is 3.92. The van der Waals surface area contributed by atoms with Gasteiger partial charge in [0.15, 0.2) is 9.84 Å². The van der Waals surface area contributed by atoms with Gasteiger partial charge in [0.05, 0.1) is 16.3 Å². The van der Waals surface area contributed by atoms with Gasteiger partial charge >= 0.3 is 0 Å². The fourth-order valence-electron chi connectivity index (χ4n) is 1.57. The number of hydrogen-bond acceptors (Lipinski definition) is 4. The lowest BCUT2D eigenvalue weighted by atomic mass is 10.3. The summed E-state index contributed by atoms with van der Waals surface area (Å²) in [6.07, 6.45) is 2.03. The summed E-state index contributed by atoms with van der Waals surface area (Å²) >= 11 is 1.74. The van der Waals surface area contributed by atoms with E-state index >= 15 is 0 Å². The van der Waals surface area contributed by atoms with Crippen LogP contribution in [0, 0.1) is 0 Å². The minimum Gasteiger partial charge on any atom is -0.381 e. The Labute approximate surface area is 108 Å². The molecule has 1 rings (SSSR count). The van der Waals surface area contributed by atoms with Gasteiger partial charge in [-0.25, -0.2) is 8.42 Å². The highest BCUT2D eigenvalue weighted by Crippen LogP contribution is 2.23. The van der Waals surface area contributed by atoms with E-state index in [1.54, 1.807) is 30.8 Å². The van der Waals surface area contributed by atoms with Gasteiger partial charge in [0.25, 0.3) is 0 Å². The third-order valence-corrected chi connectivity index (χ3v) is 5.04. The molecule has 1 aromatic rings. The molecule has 1 N–H and O–H groups in total. The standard InChI is InChI=1S/C12H19NO2S2/c1-4-17(14,15)12-8-6-5-7-11(12)13-10(2)9-16-3/h5-8,10,13H,4,9H2,1-3H3. The zero-order chi connectivity index (χ0) is 12.9. The van der Waals surface area contributed by atoms with Crippen LogP contribution < -0.4 is 5.32 Å². The molecule has 0 radical (unpaired) electrons. The first-order valence-electron chi connectivity index (χ1n) is 5.58. The predicted octanol–water partition coefficient (Wildman–Crippen LogP) is 2.64. The number of sulfone groups is 1. The average Bonchev–Trinajstić information content (AvgIpc) is 2.30. The Hall–Kier alpha value is -0.680. The summed E-state index contributed by atoms with van der Waals surface area (Å²) in [5.74, 6) is 1.07. The number of anilines is 1. The molecule has 0 aliphatic rings. The smallest absolute Gasteiger partial charge is 0.180 e. The number of nitrogens with one attached hydrogen (secondary N) is 1. The fraction of sp³-hybridized carbons (Fsp3) is 0.500. The van der Waals surface area contributed by atoms with Crippen LogP contribution in [0.5, 0.6) is 0 Å². The molecule has 96 valence electrons. The van der Waals surface area contributed by atoms with E-state index in [2.05, 4.69) is 5.32 Å². The topological polar surface area (TPSA) is 46.2 Å². The van der Waals surface area contributed by atoms with Gasteiger partial charge in [0.1, 0.15) is 0 Å². The van der Waals surface area contributed by atoms with E-state index in [0.29, 0.717) is 10.6 Å². The van der Waals surface area contributed by atoms with Crippen molar-refractivity contribution in [1.82, 2.24) is 0 Å². The first-order valence-corrected chi connectivity index (χ1v) is 8.63. The lowest BCUT2D eigenvalue weighted by molar-refractivity contribution is 0.597. The second kappa shape index (κ2) is 6.31. The molecule has 1 unspecified atom stereocenters. The molecular formula is C12H19NO2S2. The lowest BCUT2D eigenvalue weighted by Crippen LogP contribution is -2.19. The van der Waals surface area contributed by atoms with Crippen molar-refractivity contribution in [2.75, 3.05) is 23.1 Å². The Morgan fingerprint density at radius 1 is 1.35 bits per heavy atom. The molecule has 0 saturated carbocycles. The van der Waals surface area contributed by atoms with Crippen molar-refractivity contribution in [2.24, 2.45) is 0 Å². The fourth-order valence-corrected chi connectivity index (χ4v) is 3.21. The van der Waals surface area contributed by atoms with Crippen LogP contribution in [-0.4, -0.2) is 32.2 Å². The van der Waals surface area contributed by atoms with Gasteiger partial charge in [-0.3, -0.25) is 0 Å². The molecule has 0 amide bonds. The highest BCUT2D eigenvalue weighted by Gasteiger charge is 2.16.